The Hall–Kier alpha value is 0.584. The minimum atomic E-state index is 0. The number of rotatable bonds is 1. The van der Waals surface area contributed by atoms with Crippen LogP contribution in [0.3, 0.4) is 0 Å². The van der Waals surface area contributed by atoms with Gasteiger partial charge in [0.15, 0.2) is 0 Å². The van der Waals surface area contributed by atoms with Gasteiger partial charge in [0.25, 0.3) is 0 Å². The monoisotopic (exact) mass is 207 g/mol. The molecule has 3 unspecified atom stereocenters. The van der Waals surface area contributed by atoms with Crippen LogP contribution in [0.25, 0.3) is 0 Å². The average molecular weight is 207 g/mol. The van der Waals surface area contributed by atoms with Gasteiger partial charge in [-0.2, -0.15) is 5.92 Å². The van der Waals surface area contributed by atoms with E-state index in [0.29, 0.717) is 5.92 Å². The maximum absolute atomic E-state index is 5.43. The molecule has 2 rings (SSSR count). The van der Waals surface area contributed by atoms with E-state index in [4.69, 9.17) is 6.58 Å². The maximum Gasteiger partial charge on any atom is 0 e. The van der Waals surface area contributed by atoms with Crippen molar-refractivity contribution in [1.29, 1.82) is 0 Å². The quantitative estimate of drug-likeness (QED) is 0.455. The van der Waals surface area contributed by atoms with Gasteiger partial charge in [-0.05, 0) is 5.92 Å². The molecular formula is C9H10Y-2. The molecule has 1 radical (unpaired) electrons. The third kappa shape index (κ3) is 1.29. The number of hydrogen-bond acceptors (Lipinski definition) is 0. The number of fused-ring (bicyclic) bond motifs is 2. The van der Waals surface area contributed by atoms with E-state index in [-0.39, 0.29) is 32.7 Å². The average Bonchev–Trinajstić information content (AvgIpc) is 2.45. The summed E-state index contributed by atoms with van der Waals surface area (Å²) in [6.07, 6.45) is 10.0. The van der Waals surface area contributed by atoms with Gasteiger partial charge in [0.2, 0.25) is 0 Å². The molecule has 0 nitrogen and oxygen atoms in total. The molecule has 2 aliphatic carbocycles. The Morgan fingerprint density at radius 3 is 2.60 bits per heavy atom. The van der Waals surface area contributed by atoms with Gasteiger partial charge >= 0.3 is 0 Å². The van der Waals surface area contributed by atoms with Crippen LogP contribution in [0, 0.1) is 30.8 Å². The molecule has 0 aliphatic heterocycles. The standard InChI is InChI=1S/C9H10.Y/c1-2-8-5-7-3-4-9(8)6-7;/h1-5,7-9H,6H2;/q-2;. The molecule has 3 atom stereocenters. The molecule has 51 valence electrons. The van der Waals surface area contributed by atoms with Crippen LogP contribution in [0.15, 0.2) is 18.2 Å². The van der Waals surface area contributed by atoms with Gasteiger partial charge in [-0.1, -0.05) is 12.5 Å². The van der Waals surface area contributed by atoms with Crippen LogP contribution in [0.2, 0.25) is 0 Å². The van der Waals surface area contributed by atoms with Gasteiger partial charge in [0.05, 0.1) is 0 Å². The third-order valence-corrected chi connectivity index (χ3v) is 2.34. The van der Waals surface area contributed by atoms with E-state index in [2.05, 4.69) is 18.6 Å². The molecule has 0 saturated heterocycles. The first-order valence-electron chi connectivity index (χ1n) is 3.48. The van der Waals surface area contributed by atoms with E-state index in [1.54, 1.807) is 0 Å². The minimum absolute atomic E-state index is 0. The van der Waals surface area contributed by atoms with Crippen molar-refractivity contribution in [2.45, 2.75) is 6.42 Å². The molecule has 2 bridgehead atoms. The summed E-state index contributed by atoms with van der Waals surface area (Å²) in [5, 5.41) is 0. The molecule has 0 N–H and O–H groups in total. The molecular weight excluding hydrogens is 197 g/mol. The van der Waals surface area contributed by atoms with Crippen LogP contribution < -0.4 is 0 Å². The fraction of sp³-hybridized carbons (Fsp3) is 0.444. The second kappa shape index (κ2) is 3.32. The molecule has 1 saturated carbocycles. The SMILES string of the molecule is [CH-]=CC1[CH-]C2C=CC1C2.[Y]. The Balaban J connectivity index is 0.000000500. The third-order valence-electron chi connectivity index (χ3n) is 2.34. The molecule has 0 aromatic rings. The second-order valence-electron chi connectivity index (χ2n) is 2.91. The molecule has 0 amide bonds. The largest absolute Gasteiger partial charge is 0.520 e. The fourth-order valence-corrected chi connectivity index (χ4v) is 1.82. The summed E-state index contributed by atoms with van der Waals surface area (Å²) in [5.41, 5.74) is 0. The number of hydrogen-bond donors (Lipinski definition) is 0. The topological polar surface area (TPSA) is 0 Å². The Morgan fingerprint density at radius 2 is 2.30 bits per heavy atom. The van der Waals surface area contributed by atoms with Crippen molar-refractivity contribution in [3.05, 3.63) is 31.2 Å². The summed E-state index contributed by atoms with van der Waals surface area (Å²) >= 11 is 0. The first kappa shape index (κ1) is 8.68. The number of allylic oxidation sites excluding steroid dienone is 3. The van der Waals surface area contributed by atoms with Crippen molar-refractivity contribution < 1.29 is 32.7 Å². The zero-order chi connectivity index (χ0) is 6.27. The summed E-state index contributed by atoms with van der Waals surface area (Å²) in [4.78, 5) is 0. The summed E-state index contributed by atoms with van der Waals surface area (Å²) < 4.78 is 0. The predicted octanol–water partition coefficient (Wildman–Crippen LogP) is 2.00. The van der Waals surface area contributed by atoms with Gasteiger partial charge in [-0.25, -0.2) is 0 Å². The predicted molar refractivity (Wildman–Crippen MR) is 37.4 cm³/mol. The molecule has 0 aromatic carbocycles. The van der Waals surface area contributed by atoms with Crippen LogP contribution in [-0.4, -0.2) is 0 Å². The smallest absolute Gasteiger partial charge is 0 e. The van der Waals surface area contributed by atoms with Gasteiger partial charge in [-0.15, -0.1) is 12.0 Å². The van der Waals surface area contributed by atoms with E-state index in [0.717, 1.165) is 11.8 Å². The van der Waals surface area contributed by atoms with E-state index < -0.39 is 0 Å². The van der Waals surface area contributed by atoms with Gasteiger partial charge < -0.3 is 13.0 Å². The normalized spacial score (nSPS) is 41.4. The first-order valence-corrected chi connectivity index (χ1v) is 3.48. The zero-order valence-corrected chi connectivity index (χ0v) is 8.74. The zero-order valence-electron chi connectivity index (χ0n) is 5.90. The summed E-state index contributed by atoms with van der Waals surface area (Å²) in [5.74, 6) is 2.04. The molecule has 2 aliphatic rings. The van der Waals surface area contributed by atoms with Crippen molar-refractivity contribution in [2.24, 2.45) is 17.8 Å². The molecule has 0 aromatic heterocycles. The molecule has 1 fully saturated rings. The van der Waals surface area contributed by atoms with E-state index in [1.807, 2.05) is 6.08 Å². The molecule has 0 spiro atoms. The van der Waals surface area contributed by atoms with Crippen molar-refractivity contribution in [2.75, 3.05) is 0 Å². The van der Waals surface area contributed by atoms with E-state index in [1.165, 1.54) is 6.42 Å². The Bertz CT molecular complexity index is 160. The first-order chi connectivity index (χ1) is 4.40. The summed E-state index contributed by atoms with van der Waals surface area (Å²) in [6.45, 7) is 5.43. The Morgan fingerprint density at radius 1 is 1.50 bits per heavy atom. The molecule has 0 heterocycles. The van der Waals surface area contributed by atoms with Crippen molar-refractivity contribution in [3.63, 3.8) is 0 Å². The Kier molecular flexibility index (Phi) is 2.88. The van der Waals surface area contributed by atoms with Crippen LogP contribution in [-0.2, 0) is 32.7 Å². The summed E-state index contributed by atoms with van der Waals surface area (Å²) in [7, 11) is 0. The fourth-order valence-electron chi connectivity index (χ4n) is 1.82. The maximum atomic E-state index is 5.43. The van der Waals surface area contributed by atoms with Gasteiger partial charge in [-0.3, -0.25) is 6.08 Å². The van der Waals surface area contributed by atoms with Gasteiger partial charge in [0.1, 0.15) is 0 Å². The van der Waals surface area contributed by atoms with Crippen molar-refractivity contribution in [1.82, 2.24) is 0 Å². The summed E-state index contributed by atoms with van der Waals surface area (Å²) in [6, 6.07) is 0. The van der Waals surface area contributed by atoms with Crippen molar-refractivity contribution in [3.8, 4) is 0 Å². The minimum Gasteiger partial charge on any atom is -0.520 e. The van der Waals surface area contributed by atoms with Crippen LogP contribution in [0.5, 0.6) is 0 Å². The molecule has 10 heavy (non-hydrogen) atoms. The van der Waals surface area contributed by atoms with Crippen LogP contribution >= 0.6 is 0 Å². The Labute approximate surface area is 87.7 Å². The van der Waals surface area contributed by atoms with E-state index in [9.17, 15) is 0 Å². The van der Waals surface area contributed by atoms with Crippen LogP contribution in [0.4, 0.5) is 0 Å². The van der Waals surface area contributed by atoms with Crippen LogP contribution in [0.1, 0.15) is 6.42 Å². The van der Waals surface area contributed by atoms with E-state index >= 15 is 0 Å². The second-order valence-corrected chi connectivity index (χ2v) is 2.91. The van der Waals surface area contributed by atoms with Crippen molar-refractivity contribution >= 4 is 0 Å². The van der Waals surface area contributed by atoms with Gasteiger partial charge in [0, 0.05) is 32.7 Å². The molecule has 1 heteroatoms.